The third-order valence-corrected chi connectivity index (χ3v) is 3.17. The first-order valence-corrected chi connectivity index (χ1v) is 7.89. The standard InChI is InChI=1S/C18H26FNO5/c1-10-11(2)14(12(19)9-13(10)21)20(15(22)24-17(3,4)5)16(23)25-18(6,7)8/h9,21H,1-8H3. The molecule has 0 atom stereocenters. The number of hydrogen-bond donors (Lipinski definition) is 1. The van der Waals surface area contributed by atoms with Crippen LogP contribution in [0.5, 0.6) is 5.75 Å². The number of phenolic OH excluding ortho intramolecular Hbond substituents is 1. The maximum atomic E-state index is 14.5. The van der Waals surface area contributed by atoms with Crippen molar-refractivity contribution in [2.24, 2.45) is 0 Å². The molecule has 1 N–H and O–H groups in total. The Balaban J connectivity index is 3.50. The lowest BCUT2D eigenvalue weighted by Gasteiger charge is -2.29. The molecule has 0 aromatic heterocycles. The largest absolute Gasteiger partial charge is 0.508 e. The quantitative estimate of drug-likeness (QED) is 0.781. The fraction of sp³-hybridized carbons (Fsp3) is 0.556. The van der Waals surface area contributed by atoms with Crippen molar-refractivity contribution in [3.8, 4) is 5.75 Å². The maximum Gasteiger partial charge on any atom is 0.424 e. The average molecular weight is 355 g/mol. The summed E-state index contributed by atoms with van der Waals surface area (Å²) in [6, 6.07) is 0.847. The minimum atomic E-state index is -1.06. The fourth-order valence-electron chi connectivity index (χ4n) is 1.99. The molecule has 0 aliphatic carbocycles. The van der Waals surface area contributed by atoms with Crippen LogP contribution >= 0.6 is 0 Å². The lowest BCUT2D eigenvalue weighted by atomic mass is 10.1. The van der Waals surface area contributed by atoms with Gasteiger partial charge in [0.1, 0.15) is 17.0 Å². The monoisotopic (exact) mass is 355 g/mol. The molecule has 1 aromatic carbocycles. The average Bonchev–Trinajstić information content (AvgIpc) is 2.36. The van der Waals surface area contributed by atoms with E-state index in [0.29, 0.717) is 10.5 Å². The zero-order valence-corrected chi connectivity index (χ0v) is 16.0. The first-order valence-electron chi connectivity index (χ1n) is 7.89. The molecule has 1 aromatic rings. The van der Waals surface area contributed by atoms with Crippen molar-refractivity contribution in [3.63, 3.8) is 0 Å². The van der Waals surface area contributed by atoms with Gasteiger partial charge in [-0.3, -0.25) is 0 Å². The SMILES string of the molecule is Cc1c(O)cc(F)c(N(C(=O)OC(C)(C)C)C(=O)OC(C)(C)C)c1C. The summed E-state index contributed by atoms with van der Waals surface area (Å²) >= 11 is 0. The smallest absolute Gasteiger partial charge is 0.424 e. The van der Waals surface area contributed by atoms with Gasteiger partial charge in [-0.2, -0.15) is 4.90 Å². The molecule has 7 heteroatoms. The topological polar surface area (TPSA) is 76.1 Å². The van der Waals surface area contributed by atoms with Crippen LogP contribution in [0.15, 0.2) is 6.07 Å². The molecule has 0 unspecified atom stereocenters. The van der Waals surface area contributed by atoms with Crippen molar-refractivity contribution in [2.45, 2.75) is 66.6 Å². The summed E-state index contributed by atoms with van der Waals surface area (Å²) in [6.07, 6.45) is -2.12. The van der Waals surface area contributed by atoms with E-state index < -0.39 is 29.2 Å². The van der Waals surface area contributed by atoms with E-state index in [1.807, 2.05) is 0 Å². The van der Waals surface area contributed by atoms with Crippen LogP contribution in [0.25, 0.3) is 0 Å². The molecule has 1 rings (SSSR count). The summed E-state index contributed by atoms with van der Waals surface area (Å²) in [5.74, 6) is -1.20. The van der Waals surface area contributed by atoms with Crippen LogP contribution in [0.2, 0.25) is 0 Å². The van der Waals surface area contributed by atoms with Gasteiger partial charge >= 0.3 is 12.2 Å². The molecule has 0 aliphatic heterocycles. The number of ether oxygens (including phenoxy) is 2. The van der Waals surface area contributed by atoms with Crippen molar-refractivity contribution in [1.29, 1.82) is 0 Å². The van der Waals surface area contributed by atoms with Crippen LogP contribution < -0.4 is 4.90 Å². The van der Waals surface area contributed by atoms with Crippen molar-refractivity contribution in [2.75, 3.05) is 4.90 Å². The Morgan fingerprint density at radius 3 is 1.72 bits per heavy atom. The predicted octanol–water partition coefficient (Wildman–Crippen LogP) is 4.82. The molecule has 0 aliphatic rings. The van der Waals surface area contributed by atoms with E-state index in [1.165, 1.54) is 6.92 Å². The summed E-state index contributed by atoms with van der Waals surface area (Å²) < 4.78 is 25.0. The predicted molar refractivity (Wildman–Crippen MR) is 92.5 cm³/mol. The number of carbonyl (C=O) groups is 2. The molecule has 0 radical (unpaired) electrons. The molecule has 6 nitrogen and oxygen atoms in total. The fourth-order valence-corrected chi connectivity index (χ4v) is 1.99. The number of aromatic hydroxyl groups is 1. The van der Waals surface area contributed by atoms with Gasteiger partial charge in [0, 0.05) is 6.07 Å². The normalized spacial score (nSPS) is 11.9. The first-order chi connectivity index (χ1) is 11.1. The van der Waals surface area contributed by atoms with Crippen molar-refractivity contribution < 1.29 is 28.6 Å². The Morgan fingerprint density at radius 2 is 1.36 bits per heavy atom. The number of anilines is 1. The van der Waals surface area contributed by atoms with Gasteiger partial charge in [0.05, 0.1) is 5.69 Å². The first kappa shape index (κ1) is 20.7. The zero-order valence-electron chi connectivity index (χ0n) is 16.0. The van der Waals surface area contributed by atoms with Gasteiger partial charge in [0.25, 0.3) is 0 Å². The van der Waals surface area contributed by atoms with Crippen molar-refractivity contribution in [1.82, 2.24) is 0 Å². The van der Waals surface area contributed by atoms with Gasteiger partial charge in [-0.1, -0.05) is 0 Å². The minimum absolute atomic E-state index is 0.231. The van der Waals surface area contributed by atoms with E-state index in [4.69, 9.17) is 9.47 Å². The van der Waals surface area contributed by atoms with E-state index in [1.54, 1.807) is 48.5 Å². The molecule has 0 spiro atoms. The van der Waals surface area contributed by atoms with E-state index >= 15 is 0 Å². The van der Waals surface area contributed by atoms with Crippen molar-refractivity contribution >= 4 is 17.9 Å². The highest BCUT2D eigenvalue weighted by Gasteiger charge is 2.36. The summed E-state index contributed by atoms with van der Waals surface area (Å²) in [4.78, 5) is 25.6. The lowest BCUT2D eigenvalue weighted by molar-refractivity contribution is 0.0428. The van der Waals surface area contributed by atoms with E-state index in [0.717, 1.165) is 6.07 Å². The third kappa shape index (κ3) is 5.34. The number of rotatable bonds is 1. The van der Waals surface area contributed by atoms with E-state index in [-0.39, 0.29) is 17.0 Å². The second kappa shape index (κ2) is 6.90. The molecule has 0 saturated carbocycles. The number of halogens is 1. The number of amides is 2. The number of carbonyl (C=O) groups excluding carboxylic acids is 2. The van der Waals surface area contributed by atoms with Gasteiger partial charge < -0.3 is 14.6 Å². The molecular weight excluding hydrogens is 329 g/mol. The Morgan fingerprint density at radius 1 is 0.960 bits per heavy atom. The number of benzene rings is 1. The highest BCUT2D eigenvalue weighted by atomic mass is 19.1. The maximum absolute atomic E-state index is 14.5. The molecule has 0 bridgehead atoms. The van der Waals surface area contributed by atoms with Crippen molar-refractivity contribution in [3.05, 3.63) is 23.0 Å². The molecule has 140 valence electrons. The van der Waals surface area contributed by atoms with Gasteiger partial charge in [-0.25, -0.2) is 14.0 Å². The number of phenols is 1. The van der Waals surface area contributed by atoms with E-state index in [9.17, 15) is 19.1 Å². The number of imide groups is 1. The summed E-state index contributed by atoms with van der Waals surface area (Å²) in [5.41, 5.74) is -1.52. The third-order valence-electron chi connectivity index (χ3n) is 3.17. The van der Waals surface area contributed by atoms with Gasteiger partial charge in [-0.15, -0.1) is 0 Å². The van der Waals surface area contributed by atoms with E-state index in [2.05, 4.69) is 0 Å². The Bertz CT molecular complexity index is 658. The van der Waals surface area contributed by atoms with Crippen LogP contribution in [-0.4, -0.2) is 28.5 Å². The Hall–Kier alpha value is -2.31. The summed E-state index contributed by atoms with van der Waals surface area (Å²) in [7, 11) is 0. The van der Waals surface area contributed by atoms with Crippen LogP contribution in [0.1, 0.15) is 52.7 Å². The van der Waals surface area contributed by atoms with Crippen LogP contribution in [0.3, 0.4) is 0 Å². The minimum Gasteiger partial charge on any atom is -0.508 e. The second-order valence-corrected chi connectivity index (χ2v) is 7.77. The molecule has 0 heterocycles. The summed E-state index contributed by atoms with van der Waals surface area (Å²) in [5, 5.41) is 9.75. The zero-order chi connectivity index (χ0) is 19.7. The lowest BCUT2D eigenvalue weighted by Crippen LogP contribution is -2.44. The number of nitrogens with zero attached hydrogens (tertiary/aromatic N) is 1. The van der Waals surface area contributed by atoms with Gasteiger partial charge in [0.2, 0.25) is 0 Å². The second-order valence-electron chi connectivity index (χ2n) is 7.77. The Kier molecular flexibility index (Phi) is 5.72. The number of hydrogen-bond acceptors (Lipinski definition) is 5. The highest BCUT2D eigenvalue weighted by molar-refractivity contribution is 6.10. The molecule has 0 saturated heterocycles. The Labute approximate surface area is 147 Å². The van der Waals surface area contributed by atoms with Gasteiger partial charge in [-0.05, 0) is 66.5 Å². The van der Waals surface area contributed by atoms with Crippen LogP contribution in [0.4, 0.5) is 19.7 Å². The molecule has 2 amide bonds. The summed E-state index contributed by atoms with van der Waals surface area (Å²) in [6.45, 7) is 12.8. The van der Waals surface area contributed by atoms with Crippen LogP contribution in [0, 0.1) is 19.7 Å². The molecular formula is C18H26FNO5. The highest BCUT2D eigenvalue weighted by Crippen LogP contribution is 2.34. The van der Waals surface area contributed by atoms with Gasteiger partial charge in [0.15, 0.2) is 5.82 Å². The molecule has 25 heavy (non-hydrogen) atoms. The molecule has 0 fully saturated rings. The van der Waals surface area contributed by atoms with Crippen LogP contribution in [-0.2, 0) is 9.47 Å².